The Hall–Kier alpha value is -1.42. The Morgan fingerprint density at radius 1 is 1.38 bits per heavy atom. The van der Waals surface area contributed by atoms with Crippen LogP contribution in [0.1, 0.15) is 12.8 Å². The first-order valence-electron chi connectivity index (χ1n) is 5.75. The number of hydrogen-bond donors (Lipinski definition) is 1. The molecule has 2 aliphatic rings. The van der Waals surface area contributed by atoms with Crippen molar-refractivity contribution in [3.05, 3.63) is 24.5 Å². The van der Waals surface area contributed by atoms with Crippen LogP contribution in [0.2, 0.25) is 0 Å². The van der Waals surface area contributed by atoms with Gasteiger partial charge in [0.1, 0.15) is 0 Å². The SMILES string of the molecule is O=C1N(c2cccnc2)CC12CCNCC2. The fraction of sp³-hybridized carbons (Fsp3) is 0.500. The lowest BCUT2D eigenvalue weighted by Gasteiger charge is -2.50. The van der Waals surface area contributed by atoms with E-state index in [1.165, 1.54) is 0 Å². The second-order valence-electron chi connectivity index (χ2n) is 4.63. The number of aromatic nitrogens is 1. The van der Waals surface area contributed by atoms with E-state index in [-0.39, 0.29) is 11.3 Å². The molecular formula is C12H15N3O. The van der Waals surface area contributed by atoms with Crippen molar-refractivity contribution in [2.24, 2.45) is 5.41 Å². The molecule has 0 unspecified atom stereocenters. The van der Waals surface area contributed by atoms with Crippen LogP contribution >= 0.6 is 0 Å². The molecule has 84 valence electrons. The van der Waals surface area contributed by atoms with Crippen LogP contribution in [0.4, 0.5) is 5.69 Å². The molecule has 1 amide bonds. The van der Waals surface area contributed by atoms with Crippen LogP contribution in [-0.4, -0.2) is 30.5 Å². The zero-order chi connectivity index (χ0) is 11.0. The lowest BCUT2D eigenvalue weighted by molar-refractivity contribution is -0.137. The van der Waals surface area contributed by atoms with Gasteiger partial charge in [-0.2, -0.15) is 0 Å². The third-order valence-electron chi connectivity index (χ3n) is 3.68. The van der Waals surface area contributed by atoms with Crippen LogP contribution in [0, 0.1) is 5.41 Å². The number of β-lactam (4-membered cyclic amide) rings is 1. The van der Waals surface area contributed by atoms with Gasteiger partial charge in [-0.3, -0.25) is 9.78 Å². The van der Waals surface area contributed by atoms with Crippen molar-refractivity contribution in [2.45, 2.75) is 12.8 Å². The highest BCUT2D eigenvalue weighted by Gasteiger charge is 2.52. The highest BCUT2D eigenvalue weighted by Crippen LogP contribution is 2.42. The quantitative estimate of drug-likeness (QED) is 0.708. The van der Waals surface area contributed by atoms with Crippen molar-refractivity contribution in [3.8, 4) is 0 Å². The maximum absolute atomic E-state index is 12.2. The number of piperidine rings is 1. The lowest BCUT2D eigenvalue weighted by Crippen LogP contribution is -2.64. The smallest absolute Gasteiger partial charge is 0.235 e. The van der Waals surface area contributed by atoms with E-state index in [4.69, 9.17) is 0 Å². The summed E-state index contributed by atoms with van der Waals surface area (Å²) in [6.07, 6.45) is 5.44. The molecule has 4 nitrogen and oxygen atoms in total. The minimum atomic E-state index is -0.0684. The summed E-state index contributed by atoms with van der Waals surface area (Å²) in [6, 6.07) is 3.81. The molecule has 0 aliphatic carbocycles. The summed E-state index contributed by atoms with van der Waals surface area (Å²) < 4.78 is 0. The number of rotatable bonds is 1. The van der Waals surface area contributed by atoms with Crippen molar-refractivity contribution in [1.82, 2.24) is 10.3 Å². The summed E-state index contributed by atoms with van der Waals surface area (Å²) in [6.45, 7) is 2.79. The number of nitrogens with zero attached hydrogens (tertiary/aromatic N) is 2. The molecule has 3 rings (SSSR count). The Kier molecular flexibility index (Phi) is 2.17. The van der Waals surface area contributed by atoms with Gasteiger partial charge >= 0.3 is 0 Å². The predicted octanol–water partition coefficient (Wildman–Crippen LogP) is 0.798. The maximum Gasteiger partial charge on any atom is 0.235 e. The van der Waals surface area contributed by atoms with E-state index in [9.17, 15) is 4.79 Å². The van der Waals surface area contributed by atoms with Gasteiger partial charge in [0.05, 0.1) is 17.3 Å². The second kappa shape index (κ2) is 3.56. The third-order valence-corrected chi connectivity index (χ3v) is 3.68. The van der Waals surface area contributed by atoms with Crippen LogP contribution in [0.15, 0.2) is 24.5 Å². The molecule has 2 fully saturated rings. The summed E-state index contributed by atoms with van der Waals surface area (Å²) >= 11 is 0. The number of hydrogen-bond acceptors (Lipinski definition) is 3. The van der Waals surface area contributed by atoms with Gasteiger partial charge in [-0.1, -0.05) is 0 Å². The molecule has 0 bridgehead atoms. The normalized spacial score (nSPS) is 23.2. The first-order valence-corrected chi connectivity index (χ1v) is 5.75. The average molecular weight is 217 g/mol. The van der Waals surface area contributed by atoms with Gasteiger partial charge in [0, 0.05) is 12.7 Å². The molecule has 3 heterocycles. The molecule has 1 aromatic heterocycles. The van der Waals surface area contributed by atoms with Crippen molar-refractivity contribution in [3.63, 3.8) is 0 Å². The van der Waals surface area contributed by atoms with Crippen molar-refractivity contribution >= 4 is 11.6 Å². The Balaban J connectivity index is 1.77. The highest BCUT2D eigenvalue weighted by atomic mass is 16.2. The minimum absolute atomic E-state index is 0.0684. The van der Waals surface area contributed by atoms with Crippen LogP contribution in [0.25, 0.3) is 0 Å². The molecule has 1 aromatic rings. The molecular weight excluding hydrogens is 202 g/mol. The molecule has 1 N–H and O–H groups in total. The molecule has 0 saturated carbocycles. The number of carbonyl (C=O) groups is 1. The first-order chi connectivity index (χ1) is 7.82. The number of nitrogens with one attached hydrogen (secondary N) is 1. The molecule has 4 heteroatoms. The van der Waals surface area contributed by atoms with Gasteiger partial charge < -0.3 is 10.2 Å². The highest BCUT2D eigenvalue weighted by molar-refractivity contribution is 6.04. The third kappa shape index (κ3) is 1.33. The number of pyridine rings is 1. The summed E-state index contributed by atoms with van der Waals surface area (Å²) in [5.41, 5.74) is 0.859. The van der Waals surface area contributed by atoms with Gasteiger partial charge in [-0.25, -0.2) is 0 Å². The first kappa shape index (κ1) is 9.78. The van der Waals surface area contributed by atoms with Crippen molar-refractivity contribution in [2.75, 3.05) is 24.5 Å². The standard InChI is InChI=1S/C12H15N3O/c16-11-12(3-6-13-7-4-12)9-15(11)10-2-1-5-14-8-10/h1-2,5,8,13H,3-4,6-7,9H2. The number of amides is 1. The molecule has 1 spiro atoms. The van der Waals surface area contributed by atoms with Gasteiger partial charge in [-0.15, -0.1) is 0 Å². The van der Waals surface area contributed by atoms with Gasteiger partial charge in [-0.05, 0) is 38.1 Å². The van der Waals surface area contributed by atoms with E-state index in [1.807, 2.05) is 17.0 Å². The summed E-state index contributed by atoms with van der Waals surface area (Å²) in [4.78, 5) is 18.1. The molecule has 0 aromatic carbocycles. The van der Waals surface area contributed by atoms with Crippen LogP contribution in [0.3, 0.4) is 0 Å². The fourth-order valence-corrected chi connectivity index (χ4v) is 2.64. The second-order valence-corrected chi connectivity index (χ2v) is 4.63. The summed E-state index contributed by atoms with van der Waals surface area (Å²) in [5, 5.41) is 3.30. The number of carbonyl (C=O) groups excluding carboxylic acids is 1. The van der Waals surface area contributed by atoms with E-state index >= 15 is 0 Å². The zero-order valence-electron chi connectivity index (χ0n) is 9.15. The van der Waals surface area contributed by atoms with Crippen molar-refractivity contribution in [1.29, 1.82) is 0 Å². The largest absolute Gasteiger partial charge is 0.317 e. The van der Waals surface area contributed by atoms with Gasteiger partial charge in [0.2, 0.25) is 5.91 Å². The van der Waals surface area contributed by atoms with Crippen LogP contribution < -0.4 is 10.2 Å². The predicted molar refractivity (Wildman–Crippen MR) is 61.1 cm³/mol. The average Bonchev–Trinajstić information content (AvgIpc) is 2.38. The summed E-state index contributed by atoms with van der Waals surface area (Å²) in [7, 11) is 0. The molecule has 0 atom stereocenters. The van der Waals surface area contributed by atoms with E-state index in [1.54, 1.807) is 12.4 Å². The van der Waals surface area contributed by atoms with Crippen molar-refractivity contribution < 1.29 is 4.79 Å². The monoisotopic (exact) mass is 217 g/mol. The zero-order valence-corrected chi connectivity index (χ0v) is 9.15. The van der Waals surface area contributed by atoms with Crippen LogP contribution in [-0.2, 0) is 4.79 Å². The lowest BCUT2D eigenvalue weighted by atomic mass is 9.71. The topological polar surface area (TPSA) is 45.2 Å². The Labute approximate surface area is 94.7 Å². The molecule has 0 radical (unpaired) electrons. The Bertz CT molecular complexity index is 398. The molecule has 2 aliphatic heterocycles. The fourth-order valence-electron chi connectivity index (χ4n) is 2.64. The number of anilines is 1. The Morgan fingerprint density at radius 2 is 2.19 bits per heavy atom. The van der Waals surface area contributed by atoms with E-state index in [0.29, 0.717) is 0 Å². The molecule has 16 heavy (non-hydrogen) atoms. The van der Waals surface area contributed by atoms with E-state index in [0.717, 1.165) is 38.2 Å². The Morgan fingerprint density at radius 3 is 2.81 bits per heavy atom. The van der Waals surface area contributed by atoms with Gasteiger partial charge in [0.15, 0.2) is 0 Å². The van der Waals surface area contributed by atoms with Gasteiger partial charge in [0.25, 0.3) is 0 Å². The minimum Gasteiger partial charge on any atom is -0.317 e. The molecule has 2 saturated heterocycles. The van der Waals surface area contributed by atoms with E-state index in [2.05, 4.69) is 10.3 Å². The maximum atomic E-state index is 12.2. The summed E-state index contributed by atoms with van der Waals surface area (Å²) in [5.74, 6) is 0.280. The van der Waals surface area contributed by atoms with Crippen LogP contribution in [0.5, 0.6) is 0 Å². The van der Waals surface area contributed by atoms with E-state index < -0.39 is 0 Å².